The lowest BCUT2D eigenvalue weighted by Gasteiger charge is -2.12. The van der Waals surface area contributed by atoms with Crippen molar-refractivity contribution in [3.8, 4) is 0 Å². The van der Waals surface area contributed by atoms with Crippen molar-refractivity contribution in [2.24, 2.45) is 0 Å². The minimum Gasteiger partial charge on any atom is -0.344 e. The lowest BCUT2D eigenvalue weighted by molar-refractivity contribution is -0.196. The van der Waals surface area contributed by atoms with Gasteiger partial charge in [0.1, 0.15) is 6.54 Å². The smallest absolute Gasteiger partial charge is 0.344 e. The number of amides is 3. The van der Waals surface area contributed by atoms with Crippen molar-refractivity contribution in [1.29, 1.82) is 0 Å². The summed E-state index contributed by atoms with van der Waals surface area (Å²) in [6.45, 7) is -0.504. The molecule has 0 spiro atoms. The Labute approximate surface area is 141 Å². The van der Waals surface area contributed by atoms with Crippen molar-refractivity contribution in [1.82, 2.24) is 10.4 Å². The summed E-state index contributed by atoms with van der Waals surface area (Å²) < 4.78 is 0. The van der Waals surface area contributed by atoms with Gasteiger partial charge in [-0.1, -0.05) is 42.1 Å². The topological polar surface area (TPSA) is 110 Å². The third-order valence-corrected chi connectivity index (χ3v) is 3.88. The molecule has 1 saturated heterocycles. The summed E-state index contributed by atoms with van der Waals surface area (Å²) in [7, 11) is 0. The fourth-order valence-electron chi connectivity index (χ4n) is 1.80. The lowest BCUT2D eigenvalue weighted by Crippen LogP contribution is -2.38. The van der Waals surface area contributed by atoms with Crippen molar-refractivity contribution in [2.45, 2.75) is 12.8 Å². The van der Waals surface area contributed by atoms with Crippen LogP contribution in [-0.2, 0) is 24.0 Å². The van der Waals surface area contributed by atoms with Gasteiger partial charge in [0.2, 0.25) is 11.0 Å². The summed E-state index contributed by atoms with van der Waals surface area (Å²) in [5.74, 6) is -2.83. The minimum atomic E-state index is -0.939. The number of nitrogens with one attached hydrogen (secondary N) is 1. The first-order valence-corrected chi connectivity index (χ1v) is 8.01. The maximum Gasteiger partial charge on any atom is 0.352 e. The number of carbonyl (C=O) groups is 5. The third-order valence-electron chi connectivity index (χ3n) is 2.97. The summed E-state index contributed by atoms with van der Waals surface area (Å²) in [4.78, 5) is 62.0. The van der Waals surface area contributed by atoms with Gasteiger partial charge in [0.05, 0.1) is 5.75 Å². The molecule has 0 saturated carbocycles. The minimum absolute atomic E-state index is 0.00326. The highest BCUT2D eigenvalue weighted by Gasteiger charge is 2.32. The number of hydrogen-bond acceptors (Lipinski definition) is 7. The molecule has 126 valence electrons. The van der Waals surface area contributed by atoms with E-state index in [1.165, 1.54) is 0 Å². The van der Waals surface area contributed by atoms with E-state index in [1.807, 2.05) is 0 Å². The van der Waals surface area contributed by atoms with Crippen LogP contribution in [0, 0.1) is 0 Å². The van der Waals surface area contributed by atoms with Gasteiger partial charge in [-0.15, -0.1) is 5.06 Å². The summed E-state index contributed by atoms with van der Waals surface area (Å²) in [6.07, 6.45) is -0.00653. The number of nitrogens with zero attached hydrogens (tertiary/aromatic N) is 1. The molecule has 1 aliphatic rings. The van der Waals surface area contributed by atoms with Crippen molar-refractivity contribution in [3.05, 3.63) is 35.9 Å². The van der Waals surface area contributed by atoms with Gasteiger partial charge in [-0.05, 0) is 0 Å². The SMILES string of the molecule is O=C(CSC(=O)c1ccccc1)NCC(=O)ON1C(=O)CCC1=O. The first-order valence-electron chi connectivity index (χ1n) is 7.03. The molecule has 0 unspecified atom stereocenters. The molecule has 0 aromatic heterocycles. The molecule has 0 atom stereocenters. The first-order chi connectivity index (χ1) is 11.5. The van der Waals surface area contributed by atoms with E-state index < -0.39 is 30.2 Å². The Kier molecular flexibility index (Phi) is 6.07. The average Bonchev–Trinajstić information content (AvgIpc) is 2.90. The first kappa shape index (κ1) is 17.7. The average molecular weight is 350 g/mol. The number of hydrogen-bond donors (Lipinski definition) is 1. The predicted octanol–water partition coefficient (Wildman–Crippen LogP) is 0.283. The Hall–Kier alpha value is -2.68. The maximum atomic E-state index is 11.8. The van der Waals surface area contributed by atoms with Gasteiger partial charge in [0, 0.05) is 18.4 Å². The number of rotatable bonds is 6. The number of imide groups is 1. The quantitative estimate of drug-likeness (QED) is 0.734. The second-order valence-corrected chi connectivity index (χ2v) is 5.71. The van der Waals surface area contributed by atoms with E-state index in [2.05, 4.69) is 10.2 Å². The van der Waals surface area contributed by atoms with Gasteiger partial charge in [-0.3, -0.25) is 19.2 Å². The zero-order valence-electron chi connectivity index (χ0n) is 12.5. The Morgan fingerprint density at radius 1 is 1.08 bits per heavy atom. The summed E-state index contributed by atoms with van der Waals surface area (Å²) >= 11 is 0.801. The number of carbonyl (C=O) groups excluding carboxylic acids is 5. The van der Waals surface area contributed by atoms with E-state index in [1.54, 1.807) is 30.3 Å². The van der Waals surface area contributed by atoms with Crippen LogP contribution in [0.3, 0.4) is 0 Å². The normalized spacial score (nSPS) is 13.8. The van der Waals surface area contributed by atoms with E-state index in [0.29, 0.717) is 10.6 Å². The molecule has 1 N–H and O–H groups in total. The van der Waals surface area contributed by atoms with Crippen LogP contribution in [0.5, 0.6) is 0 Å². The van der Waals surface area contributed by atoms with E-state index in [-0.39, 0.29) is 23.7 Å². The molecule has 9 heteroatoms. The maximum absolute atomic E-state index is 11.8. The molecule has 0 bridgehead atoms. The fourth-order valence-corrected chi connectivity index (χ4v) is 2.47. The fraction of sp³-hybridized carbons (Fsp3) is 0.267. The third kappa shape index (κ3) is 4.92. The van der Waals surface area contributed by atoms with Crippen LogP contribution in [0.1, 0.15) is 23.2 Å². The summed E-state index contributed by atoms with van der Waals surface area (Å²) in [5.41, 5.74) is 0.473. The van der Waals surface area contributed by atoms with Gasteiger partial charge < -0.3 is 10.2 Å². The molecule has 0 radical (unpaired) electrons. The molecular formula is C15H14N2O6S. The number of thioether (sulfide) groups is 1. The molecular weight excluding hydrogens is 336 g/mol. The molecule has 0 aliphatic carbocycles. The van der Waals surface area contributed by atoms with Gasteiger partial charge in [-0.25, -0.2) is 4.79 Å². The number of hydroxylamine groups is 2. The van der Waals surface area contributed by atoms with Gasteiger partial charge in [0.15, 0.2) is 0 Å². The van der Waals surface area contributed by atoms with Crippen molar-refractivity contribution >= 4 is 40.6 Å². The molecule has 3 amide bonds. The Morgan fingerprint density at radius 3 is 2.33 bits per heavy atom. The second kappa shape index (κ2) is 8.25. The molecule has 8 nitrogen and oxygen atoms in total. The lowest BCUT2D eigenvalue weighted by atomic mass is 10.2. The molecule has 2 rings (SSSR count). The van der Waals surface area contributed by atoms with E-state index >= 15 is 0 Å². The molecule has 1 aliphatic heterocycles. The van der Waals surface area contributed by atoms with E-state index in [0.717, 1.165) is 11.8 Å². The van der Waals surface area contributed by atoms with Crippen LogP contribution >= 0.6 is 11.8 Å². The Balaban J connectivity index is 1.69. The molecule has 24 heavy (non-hydrogen) atoms. The predicted molar refractivity (Wildman–Crippen MR) is 83.4 cm³/mol. The van der Waals surface area contributed by atoms with E-state index in [4.69, 9.17) is 0 Å². The Morgan fingerprint density at radius 2 is 1.71 bits per heavy atom. The highest BCUT2D eigenvalue weighted by molar-refractivity contribution is 8.14. The largest absolute Gasteiger partial charge is 0.352 e. The standard InChI is InChI=1S/C15H14N2O6S/c18-11(9-24-15(22)10-4-2-1-3-5-10)16-8-14(21)23-17-12(19)6-7-13(17)20/h1-5H,6-9H2,(H,16,18). The second-order valence-electron chi connectivity index (χ2n) is 4.76. The summed E-state index contributed by atoms with van der Waals surface area (Å²) in [6, 6.07) is 8.47. The molecule has 1 fully saturated rings. The van der Waals surface area contributed by atoms with Gasteiger partial charge in [-0.2, -0.15) is 0 Å². The Bertz CT molecular complexity index is 660. The molecule has 1 heterocycles. The number of benzene rings is 1. The monoisotopic (exact) mass is 350 g/mol. The van der Waals surface area contributed by atoms with Crippen LogP contribution < -0.4 is 5.32 Å². The van der Waals surface area contributed by atoms with Crippen LogP contribution in [0.2, 0.25) is 0 Å². The highest BCUT2D eigenvalue weighted by atomic mass is 32.2. The van der Waals surface area contributed by atoms with E-state index in [9.17, 15) is 24.0 Å². The van der Waals surface area contributed by atoms with Crippen molar-refractivity contribution in [2.75, 3.05) is 12.3 Å². The van der Waals surface area contributed by atoms with Crippen LogP contribution in [0.25, 0.3) is 0 Å². The van der Waals surface area contributed by atoms with Crippen LogP contribution in [0.4, 0.5) is 0 Å². The molecule has 1 aromatic carbocycles. The van der Waals surface area contributed by atoms with Crippen LogP contribution in [-0.4, -0.2) is 46.2 Å². The molecule has 1 aromatic rings. The van der Waals surface area contributed by atoms with Crippen LogP contribution in [0.15, 0.2) is 30.3 Å². The van der Waals surface area contributed by atoms with Gasteiger partial charge in [0.25, 0.3) is 11.8 Å². The van der Waals surface area contributed by atoms with Gasteiger partial charge >= 0.3 is 5.97 Å². The van der Waals surface area contributed by atoms with Crippen molar-refractivity contribution in [3.63, 3.8) is 0 Å². The zero-order valence-corrected chi connectivity index (χ0v) is 13.3. The summed E-state index contributed by atoms with van der Waals surface area (Å²) in [5, 5.41) is 2.40. The highest BCUT2D eigenvalue weighted by Crippen LogP contribution is 2.12. The van der Waals surface area contributed by atoms with Crippen molar-refractivity contribution < 1.29 is 28.8 Å². The zero-order chi connectivity index (χ0) is 17.5.